The zero-order valence-corrected chi connectivity index (χ0v) is 15.3. The molecule has 0 N–H and O–H groups in total. The van der Waals surface area contributed by atoms with E-state index >= 15 is 0 Å². The van der Waals surface area contributed by atoms with Crippen molar-refractivity contribution in [1.82, 2.24) is 0 Å². The number of rotatable bonds is 11. The highest BCUT2D eigenvalue weighted by atomic mass is 32.2. The molecule has 0 aliphatic rings. The van der Waals surface area contributed by atoms with Gasteiger partial charge in [-0.2, -0.15) is 11.8 Å². The molecule has 0 amide bonds. The Kier molecular flexibility index (Phi) is 10.0. The molecule has 4 nitrogen and oxygen atoms in total. The summed E-state index contributed by atoms with van der Waals surface area (Å²) >= 11 is 1.81. The van der Waals surface area contributed by atoms with Crippen molar-refractivity contribution in [2.75, 3.05) is 31.8 Å². The summed E-state index contributed by atoms with van der Waals surface area (Å²) in [6.07, 6.45) is 6.75. The van der Waals surface area contributed by atoms with Crippen LogP contribution in [0.5, 0.6) is 11.5 Å². The maximum absolute atomic E-state index is 5.93. The Morgan fingerprint density at radius 2 is 1.91 bits per heavy atom. The molecule has 0 heterocycles. The number of hydrogen-bond acceptors (Lipinski definition) is 5. The normalized spacial score (nSPS) is 11.3. The lowest BCUT2D eigenvalue weighted by Crippen LogP contribution is -2.03. The predicted octanol–water partition coefficient (Wildman–Crippen LogP) is 4.39. The first-order chi connectivity index (χ1) is 11.2. The Balaban J connectivity index is 2.37. The van der Waals surface area contributed by atoms with E-state index in [0.29, 0.717) is 6.61 Å². The van der Waals surface area contributed by atoms with Crippen LogP contribution >= 0.6 is 11.8 Å². The molecule has 5 heteroatoms. The van der Waals surface area contributed by atoms with Crippen LogP contribution < -0.4 is 9.47 Å². The van der Waals surface area contributed by atoms with E-state index in [2.05, 4.69) is 23.8 Å². The molecule has 0 fully saturated rings. The van der Waals surface area contributed by atoms with Crippen molar-refractivity contribution < 1.29 is 14.3 Å². The van der Waals surface area contributed by atoms with Gasteiger partial charge in [-0.3, -0.25) is 0 Å². The molecule has 0 aliphatic heterocycles. The molecule has 1 aromatic rings. The van der Waals surface area contributed by atoms with E-state index < -0.39 is 0 Å². The molecule has 0 saturated carbocycles. The van der Waals surface area contributed by atoms with Crippen molar-refractivity contribution in [2.45, 2.75) is 27.2 Å². The molecule has 0 bridgehead atoms. The van der Waals surface area contributed by atoms with E-state index in [1.807, 2.05) is 43.0 Å². The number of allylic oxidation sites excluding steroid dienone is 1. The zero-order chi connectivity index (χ0) is 16.9. The Bertz CT molecular complexity index is 492. The molecule has 0 aliphatic carbocycles. The van der Waals surface area contributed by atoms with E-state index in [0.717, 1.165) is 47.2 Å². The minimum Gasteiger partial charge on any atom is -0.493 e. The molecule has 1 aromatic carbocycles. The van der Waals surface area contributed by atoms with Gasteiger partial charge in [-0.25, -0.2) is 0 Å². The maximum Gasteiger partial charge on any atom is 0.125 e. The van der Waals surface area contributed by atoms with Crippen LogP contribution in [-0.4, -0.2) is 38.0 Å². The van der Waals surface area contributed by atoms with Gasteiger partial charge in [-0.1, -0.05) is 17.3 Å². The summed E-state index contributed by atoms with van der Waals surface area (Å²) in [6, 6.07) is 4.06. The Morgan fingerprint density at radius 1 is 1.17 bits per heavy atom. The van der Waals surface area contributed by atoms with Gasteiger partial charge in [0.1, 0.15) is 25.2 Å². The van der Waals surface area contributed by atoms with Crippen molar-refractivity contribution in [2.24, 2.45) is 5.16 Å². The van der Waals surface area contributed by atoms with Crippen LogP contribution in [-0.2, 0) is 4.84 Å². The molecular formula is C18H27NO3S. The van der Waals surface area contributed by atoms with Crippen LogP contribution in [0.25, 0.3) is 0 Å². The van der Waals surface area contributed by atoms with Gasteiger partial charge in [0.05, 0.1) is 12.8 Å². The third-order valence-electron chi connectivity index (χ3n) is 3.07. The summed E-state index contributed by atoms with van der Waals surface area (Å²) in [4.78, 5) is 4.61. The second-order valence-electron chi connectivity index (χ2n) is 5.01. The smallest absolute Gasteiger partial charge is 0.125 e. The average molecular weight is 337 g/mol. The molecule has 0 spiro atoms. The molecule has 0 aromatic heterocycles. The first kappa shape index (κ1) is 19.4. The fourth-order valence-corrected chi connectivity index (χ4v) is 2.69. The zero-order valence-electron chi connectivity index (χ0n) is 14.5. The van der Waals surface area contributed by atoms with Crippen molar-refractivity contribution in [3.05, 3.63) is 35.4 Å². The van der Waals surface area contributed by atoms with Gasteiger partial charge in [0.25, 0.3) is 0 Å². The van der Waals surface area contributed by atoms with Crippen LogP contribution in [0.15, 0.2) is 29.4 Å². The molecular weight excluding hydrogens is 310 g/mol. The first-order valence-corrected chi connectivity index (χ1v) is 8.95. The summed E-state index contributed by atoms with van der Waals surface area (Å²) in [5, 5.41) is 3.70. The number of nitrogens with zero attached hydrogens (tertiary/aromatic N) is 1. The van der Waals surface area contributed by atoms with E-state index in [1.54, 1.807) is 13.3 Å². The lowest BCUT2D eigenvalue weighted by molar-refractivity contribution is 0.215. The average Bonchev–Trinajstić information content (AvgIpc) is 2.52. The number of oxime groups is 1. The van der Waals surface area contributed by atoms with Crippen LogP contribution in [0.2, 0.25) is 0 Å². The first-order valence-electron chi connectivity index (χ1n) is 7.79. The Labute approximate surface area is 143 Å². The number of hydrogen-bond donors (Lipinski definition) is 0. The van der Waals surface area contributed by atoms with E-state index in [1.165, 1.54) is 0 Å². The minimum atomic E-state index is 0.596. The summed E-state index contributed by atoms with van der Waals surface area (Å²) in [5.41, 5.74) is 2.22. The van der Waals surface area contributed by atoms with Gasteiger partial charge in [-0.05, 0) is 56.2 Å². The summed E-state index contributed by atoms with van der Waals surface area (Å²) in [5.74, 6) is 3.76. The predicted molar refractivity (Wildman–Crippen MR) is 99.2 cm³/mol. The lowest BCUT2D eigenvalue weighted by atomic mass is 10.1. The monoisotopic (exact) mass is 337 g/mol. The maximum atomic E-state index is 5.93. The van der Waals surface area contributed by atoms with Gasteiger partial charge < -0.3 is 14.3 Å². The van der Waals surface area contributed by atoms with E-state index in [9.17, 15) is 0 Å². The van der Waals surface area contributed by atoms with Crippen molar-refractivity contribution in [3.8, 4) is 11.5 Å². The largest absolute Gasteiger partial charge is 0.493 e. The molecule has 23 heavy (non-hydrogen) atoms. The molecule has 128 valence electrons. The van der Waals surface area contributed by atoms with Crippen molar-refractivity contribution in [1.29, 1.82) is 0 Å². The Morgan fingerprint density at radius 3 is 2.57 bits per heavy atom. The number of aryl methyl sites for hydroxylation is 2. The highest BCUT2D eigenvalue weighted by Crippen LogP contribution is 2.28. The summed E-state index contributed by atoms with van der Waals surface area (Å²) in [7, 11) is 1.55. The lowest BCUT2D eigenvalue weighted by Gasteiger charge is -2.14. The topological polar surface area (TPSA) is 40.0 Å². The molecule has 1 rings (SSSR count). The van der Waals surface area contributed by atoms with Gasteiger partial charge >= 0.3 is 0 Å². The quantitative estimate of drug-likeness (QED) is 0.260. The third-order valence-corrected chi connectivity index (χ3v) is 4.03. The van der Waals surface area contributed by atoms with Crippen molar-refractivity contribution in [3.63, 3.8) is 0 Å². The third kappa shape index (κ3) is 7.98. The standard InChI is InChI=1S/C18H27NO3S/c1-5-6-9-21-17-13-15(2)18(16(3)14-17)22-10-7-11-23-12-8-19-20-4/h5-6,8,13-14H,7,9-12H2,1-4H3/b6-5+,19-8+. The van der Waals surface area contributed by atoms with Gasteiger partial charge in [0, 0.05) is 5.75 Å². The van der Waals surface area contributed by atoms with Gasteiger partial charge in [0.15, 0.2) is 0 Å². The fraction of sp³-hybridized carbons (Fsp3) is 0.500. The number of benzene rings is 1. The molecule has 0 radical (unpaired) electrons. The fourth-order valence-electron chi connectivity index (χ4n) is 2.04. The van der Waals surface area contributed by atoms with Crippen molar-refractivity contribution >= 4 is 18.0 Å². The highest BCUT2D eigenvalue weighted by Gasteiger charge is 2.07. The molecule has 0 atom stereocenters. The van der Waals surface area contributed by atoms with E-state index in [4.69, 9.17) is 9.47 Å². The van der Waals surface area contributed by atoms with Crippen LogP contribution in [0, 0.1) is 13.8 Å². The summed E-state index contributed by atoms with van der Waals surface area (Å²) in [6.45, 7) is 7.41. The second-order valence-corrected chi connectivity index (χ2v) is 6.16. The van der Waals surface area contributed by atoms with E-state index in [-0.39, 0.29) is 0 Å². The van der Waals surface area contributed by atoms with Crippen LogP contribution in [0.3, 0.4) is 0 Å². The molecule has 0 saturated heterocycles. The Hall–Kier alpha value is -1.62. The minimum absolute atomic E-state index is 0.596. The summed E-state index contributed by atoms with van der Waals surface area (Å²) < 4.78 is 11.6. The second kappa shape index (κ2) is 11.9. The van der Waals surface area contributed by atoms with Gasteiger partial charge in [-0.15, -0.1) is 0 Å². The highest BCUT2D eigenvalue weighted by molar-refractivity contribution is 7.99. The molecule has 0 unspecified atom stereocenters. The SMILES string of the molecule is C/C=C/COc1cc(C)c(OCCCSC/C=N/OC)c(C)c1. The van der Waals surface area contributed by atoms with Gasteiger partial charge in [0.2, 0.25) is 0 Å². The number of ether oxygens (including phenoxy) is 2. The van der Waals surface area contributed by atoms with Crippen LogP contribution in [0.4, 0.5) is 0 Å². The van der Waals surface area contributed by atoms with Crippen LogP contribution in [0.1, 0.15) is 24.5 Å². The number of thioether (sulfide) groups is 1.